The van der Waals surface area contributed by atoms with Crippen LogP contribution in [0.5, 0.6) is 5.75 Å². The molecule has 0 spiro atoms. The van der Waals surface area contributed by atoms with Gasteiger partial charge in [-0.15, -0.1) is 0 Å². The lowest BCUT2D eigenvalue weighted by molar-refractivity contribution is 0.414. The molecule has 3 N–H and O–H groups in total. The summed E-state index contributed by atoms with van der Waals surface area (Å²) >= 11 is 0. The number of aromatic nitrogens is 1. The average Bonchev–Trinajstić information content (AvgIpc) is 2.47. The number of pyridine rings is 1. The van der Waals surface area contributed by atoms with Crippen LogP contribution in [0.15, 0.2) is 36.5 Å². The largest absolute Gasteiger partial charge is 0.497 e. The van der Waals surface area contributed by atoms with Crippen LogP contribution in [-0.4, -0.2) is 19.1 Å². The zero-order valence-electron chi connectivity index (χ0n) is 12.2. The number of benzene rings is 1. The van der Waals surface area contributed by atoms with E-state index < -0.39 is 0 Å². The lowest BCUT2D eigenvalue weighted by atomic mass is 9.97. The molecule has 0 unspecified atom stereocenters. The molecular formula is C16H21N3O. The van der Waals surface area contributed by atoms with Crippen LogP contribution in [0.3, 0.4) is 0 Å². The fourth-order valence-electron chi connectivity index (χ4n) is 2.29. The van der Waals surface area contributed by atoms with E-state index in [1.807, 2.05) is 25.2 Å². The van der Waals surface area contributed by atoms with Gasteiger partial charge in [-0.3, -0.25) is 0 Å². The summed E-state index contributed by atoms with van der Waals surface area (Å²) in [5.74, 6) is 1.46. The zero-order valence-corrected chi connectivity index (χ0v) is 12.2. The number of hydrogen-bond acceptors (Lipinski definition) is 4. The third-order valence-corrected chi connectivity index (χ3v) is 3.53. The molecule has 0 amide bonds. The van der Waals surface area contributed by atoms with Crippen LogP contribution >= 0.6 is 0 Å². The first-order valence-corrected chi connectivity index (χ1v) is 6.69. The minimum absolute atomic E-state index is 0.178. The van der Waals surface area contributed by atoms with E-state index in [2.05, 4.69) is 29.4 Å². The van der Waals surface area contributed by atoms with Gasteiger partial charge >= 0.3 is 0 Å². The maximum Gasteiger partial charge on any atom is 0.128 e. The molecule has 0 fully saturated rings. The van der Waals surface area contributed by atoms with Crippen molar-refractivity contribution in [3.63, 3.8) is 0 Å². The third-order valence-electron chi connectivity index (χ3n) is 3.53. The Labute approximate surface area is 120 Å². The van der Waals surface area contributed by atoms with Crippen molar-refractivity contribution in [1.82, 2.24) is 10.3 Å². The highest BCUT2D eigenvalue weighted by Gasteiger charge is 2.13. The lowest BCUT2D eigenvalue weighted by Crippen LogP contribution is -2.17. The van der Waals surface area contributed by atoms with Gasteiger partial charge in [0.05, 0.1) is 7.11 Å². The van der Waals surface area contributed by atoms with Gasteiger partial charge in [-0.2, -0.15) is 0 Å². The molecule has 4 nitrogen and oxygen atoms in total. The summed E-state index contributed by atoms with van der Waals surface area (Å²) in [6.07, 6.45) is 2.60. The molecule has 1 heterocycles. The lowest BCUT2D eigenvalue weighted by Gasteiger charge is -2.17. The maximum absolute atomic E-state index is 6.03. The molecule has 2 aromatic rings. The van der Waals surface area contributed by atoms with Crippen LogP contribution in [0.4, 0.5) is 5.82 Å². The van der Waals surface area contributed by atoms with Crippen molar-refractivity contribution in [1.29, 1.82) is 0 Å². The molecule has 20 heavy (non-hydrogen) atoms. The number of anilines is 1. The van der Waals surface area contributed by atoms with E-state index in [4.69, 9.17) is 10.5 Å². The number of rotatable bonds is 5. The average molecular weight is 271 g/mol. The Bertz CT molecular complexity index is 566. The monoisotopic (exact) mass is 271 g/mol. The van der Waals surface area contributed by atoms with E-state index in [-0.39, 0.29) is 6.04 Å². The Morgan fingerprint density at radius 1 is 1.25 bits per heavy atom. The molecule has 0 saturated heterocycles. The second-order valence-electron chi connectivity index (χ2n) is 4.80. The minimum Gasteiger partial charge on any atom is -0.497 e. The number of methoxy groups -OCH3 is 1. The molecule has 1 aromatic heterocycles. The molecule has 1 atom stereocenters. The quantitative estimate of drug-likeness (QED) is 0.877. The van der Waals surface area contributed by atoms with Gasteiger partial charge in [-0.1, -0.05) is 12.1 Å². The van der Waals surface area contributed by atoms with Crippen molar-refractivity contribution >= 4 is 5.82 Å². The second-order valence-corrected chi connectivity index (χ2v) is 4.80. The molecule has 4 heteroatoms. The van der Waals surface area contributed by atoms with Crippen molar-refractivity contribution in [2.45, 2.75) is 19.4 Å². The number of nitrogens with two attached hydrogens (primary N) is 1. The minimum atomic E-state index is 0.178. The molecule has 1 aromatic carbocycles. The van der Waals surface area contributed by atoms with Crippen LogP contribution in [0.2, 0.25) is 0 Å². The summed E-state index contributed by atoms with van der Waals surface area (Å²) in [6, 6.07) is 10.3. The molecule has 0 radical (unpaired) electrons. The summed E-state index contributed by atoms with van der Waals surface area (Å²) in [4.78, 5) is 4.20. The highest BCUT2D eigenvalue weighted by Crippen LogP contribution is 2.25. The Balaban J connectivity index is 2.30. The SMILES string of the molecule is CN[C@H](C)c1c(Cc2ccc(OC)cc2)ccnc1N. The van der Waals surface area contributed by atoms with E-state index in [1.165, 1.54) is 11.1 Å². The van der Waals surface area contributed by atoms with Gasteiger partial charge in [0.15, 0.2) is 0 Å². The van der Waals surface area contributed by atoms with Gasteiger partial charge in [0.25, 0.3) is 0 Å². The maximum atomic E-state index is 6.03. The summed E-state index contributed by atoms with van der Waals surface area (Å²) in [7, 11) is 3.60. The predicted octanol–water partition coefficient (Wildman–Crippen LogP) is 2.54. The Kier molecular flexibility index (Phi) is 4.58. The smallest absolute Gasteiger partial charge is 0.128 e. The summed E-state index contributed by atoms with van der Waals surface area (Å²) < 4.78 is 5.18. The molecule has 0 aliphatic heterocycles. The van der Waals surface area contributed by atoms with Crippen LogP contribution in [0.25, 0.3) is 0 Å². The van der Waals surface area contributed by atoms with Crippen molar-refractivity contribution < 1.29 is 4.74 Å². The third kappa shape index (κ3) is 3.08. The first-order valence-electron chi connectivity index (χ1n) is 6.69. The Morgan fingerprint density at radius 2 is 1.95 bits per heavy atom. The normalized spacial score (nSPS) is 12.2. The van der Waals surface area contributed by atoms with E-state index >= 15 is 0 Å². The predicted molar refractivity (Wildman–Crippen MR) is 81.9 cm³/mol. The Hall–Kier alpha value is -2.07. The highest BCUT2D eigenvalue weighted by atomic mass is 16.5. The first-order chi connectivity index (χ1) is 9.65. The molecule has 0 aliphatic rings. The zero-order chi connectivity index (χ0) is 14.5. The van der Waals surface area contributed by atoms with E-state index in [0.29, 0.717) is 5.82 Å². The van der Waals surface area contributed by atoms with Crippen molar-refractivity contribution in [2.75, 3.05) is 19.9 Å². The topological polar surface area (TPSA) is 60.2 Å². The van der Waals surface area contributed by atoms with Gasteiger partial charge in [-0.25, -0.2) is 4.98 Å². The molecule has 0 aliphatic carbocycles. The second kappa shape index (κ2) is 6.39. The standard InChI is InChI=1S/C16H21N3O/c1-11(18-2)15-13(8-9-19-16(15)17)10-12-4-6-14(20-3)7-5-12/h4-9,11,18H,10H2,1-3H3,(H2,17,19)/t11-/m1/s1. The molecule has 0 saturated carbocycles. The van der Waals surface area contributed by atoms with E-state index in [1.54, 1.807) is 13.3 Å². The van der Waals surface area contributed by atoms with Crippen LogP contribution in [0.1, 0.15) is 29.7 Å². The molecule has 2 rings (SSSR count). The number of nitrogen functional groups attached to an aromatic ring is 1. The van der Waals surface area contributed by atoms with E-state index in [9.17, 15) is 0 Å². The summed E-state index contributed by atoms with van der Waals surface area (Å²) in [5.41, 5.74) is 9.52. The van der Waals surface area contributed by atoms with Crippen molar-refractivity contribution in [3.05, 3.63) is 53.2 Å². The number of hydrogen-bond donors (Lipinski definition) is 2. The van der Waals surface area contributed by atoms with Crippen LogP contribution in [0, 0.1) is 0 Å². The van der Waals surface area contributed by atoms with Crippen molar-refractivity contribution in [2.24, 2.45) is 0 Å². The number of nitrogens with zero attached hydrogens (tertiary/aromatic N) is 1. The first kappa shape index (κ1) is 14.3. The van der Waals surface area contributed by atoms with Crippen LogP contribution in [-0.2, 0) is 6.42 Å². The van der Waals surface area contributed by atoms with Crippen LogP contribution < -0.4 is 15.8 Å². The van der Waals surface area contributed by atoms with E-state index in [0.717, 1.165) is 17.7 Å². The van der Waals surface area contributed by atoms with Gasteiger partial charge in [0, 0.05) is 17.8 Å². The van der Waals surface area contributed by atoms with Gasteiger partial charge in [0.2, 0.25) is 0 Å². The molecular weight excluding hydrogens is 250 g/mol. The van der Waals surface area contributed by atoms with Crippen molar-refractivity contribution in [3.8, 4) is 5.75 Å². The summed E-state index contributed by atoms with van der Waals surface area (Å²) in [5, 5.41) is 3.23. The number of ether oxygens (including phenoxy) is 1. The summed E-state index contributed by atoms with van der Waals surface area (Å²) in [6.45, 7) is 2.09. The van der Waals surface area contributed by atoms with Gasteiger partial charge in [-0.05, 0) is 49.7 Å². The number of nitrogens with one attached hydrogen (secondary N) is 1. The highest BCUT2D eigenvalue weighted by molar-refractivity contribution is 5.48. The fraction of sp³-hybridized carbons (Fsp3) is 0.312. The van der Waals surface area contributed by atoms with Gasteiger partial charge in [0.1, 0.15) is 11.6 Å². The molecule has 106 valence electrons. The van der Waals surface area contributed by atoms with Gasteiger partial charge < -0.3 is 15.8 Å². The molecule has 0 bridgehead atoms. The Morgan fingerprint density at radius 3 is 2.55 bits per heavy atom. The fourth-order valence-corrected chi connectivity index (χ4v) is 2.29.